The lowest BCUT2D eigenvalue weighted by Gasteiger charge is -2.21. The first-order valence-corrected chi connectivity index (χ1v) is 4.57. The van der Waals surface area contributed by atoms with E-state index in [0.29, 0.717) is 12.0 Å². The number of benzene rings is 1. The van der Waals surface area contributed by atoms with Crippen molar-refractivity contribution in [1.82, 2.24) is 0 Å². The molecule has 72 valence electrons. The van der Waals surface area contributed by atoms with Gasteiger partial charge in [0, 0.05) is 5.56 Å². The Morgan fingerprint density at radius 2 is 2.00 bits per heavy atom. The highest BCUT2D eigenvalue weighted by atomic mass is 35.5. The Hall–Kier alpha value is -0.890. The van der Waals surface area contributed by atoms with Crippen LogP contribution in [0.15, 0.2) is 18.2 Å². The molecule has 0 saturated heterocycles. The number of phenols is 2. The first kappa shape index (κ1) is 10.2. The molecule has 0 spiro atoms. The van der Waals surface area contributed by atoms with Gasteiger partial charge >= 0.3 is 0 Å². The Morgan fingerprint density at radius 1 is 1.38 bits per heavy atom. The van der Waals surface area contributed by atoms with E-state index in [-0.39, 0.29) is 11.5 Å². The molecule has 0 aliphatic rings. The Morgan fingerprint density at radius 3 is 2.54 bits per heavy atom. The first-order chi connectivity index (χ1) is 5.99. The molecular formula is C10H13ClO2. The average Bonchev–Trinajstić information content (AvgIpc) is 2.09. The number of aromatic hydroxyl groups is 2. The van der Waals surface area contributed by atoms with E-state index in [2.05, 4.69) is 0 Å². The third kappa shape index (κ3) is 1.89. The van der Waals surface area contributed by atoms with Gasteiger partial charge in [-0.3, -0.25) is 0 Å². The van der Waals surface area contributed by atoms with Gasteiger partial charge in [-0.1, -0.05) is 19.1 Å². The molecule has 1 unspecified atom stereocenters. The van der Waals surface area contributed by atoms with Crippen molar-refractivity contribution in [1.29, 1.82) is 0 Å². The van der Waals surface area contributed by atoms with Gasteiger partial charge in [0.05, 0.1) is 4.87 Å². The lowest BCUT2D eigenvalue weighted by Crippen LogP contribution is -2.11. The number of halogens is 1. The van der Waals surface area contributed by atoms with E-state index in [1.165, 1.54) is 6.07 Å². The molecule has 0 amide bonds. The predicted molar refractivity (Wildman–Crippen MR) is 53.3 cm³/mol. The van der Waals surface area contributed by atoms with Crippen molar-refractivity contribution in [3.8, 4) is 11.5 Å². The van der Waals surface area contributed by atoms with E-state index in [9.17, 15) is 10.2 Å². The summed E-state index contributed by atoms with van der Waals surface area (Å²) in [6.45, 7) is 3.74. The summed E-state index contributed by atoms with van der Waals surface area (Å²) in [5.41, 5.74) is 0.566. The molecule has 0 fully saturated rings. The molecule has 2 N–H and O–H groups in total. The van der Waals surface area contributed by atoms with Crippen LogP contribution in [0.1, 0.15) is 25.8 Å². The molecule has 1 rings (SSSR count). The normalized spacial score (nSPS) is 15.3. The summed E-state index contributed by atoms with van der Waals surface area (Å²) in [5, 5.41) is 18.8. The van der Waals surface area contributed by atoms with Crippen molar-refractivity contribution in [2.24, 2.45) is 0 Å². The Bertz CT molecular complexity index is 308. The molecule has 1 aromatic carbocycles. The van der Waals surface area contributed by atoms with Gasteiger partial charge in [0.15, 0.2) is 11.5 Å². The molecule has 0 aliphatic heterocycles. The zero-order chi connectivity index (χ0) is 10.1. The van der Waals surface area contributed by atoms with Crippen molar-refractivity contribution >= 4 is 11.6 Å². The largest absolute Gasteiger partial charge is 0.504 e. The summed E-state index contributed by atoms with van der Waals surface area (Å²) in [6, 6.07) is 4.81. The van der Waals surface area contributed by atoms with Crippen LogP contribution < -0.4 is 0 Å². The van der Waals surface area contributed by atoms with E-state index in [1.54, 1.807) is 12.1 Å². The van der Waals surface area contributed by atoms with Crippen molar-refractivity contribution < 1.29 is 10.2 Å². The number of para-hydroxylation sites is 1. The van der Waals surface area contributed by atoms with Gasteiger partial charge in [-0.15, -0.1) is 11.6 Å². The number of alkyl halides is 1. The van der Waals surface area contributed by atoms with E-state index < -0.39 is 4.87 Å². The van der Waals surface area contributed by atoms with E-state index in [0.717, 1.165) is 0 Å². The standard InChI is InChI=1S/C10H13ClO2/c1-3-10(2,11)7-5-4-6-8(12)9(7)13/h4-6,12-13H,3H2,1-2H3. The van der Waals surface area contributed by atoms with E-state index in [1.807, 2.05) is 13.8 Å². The Balaban J connectivity index is 3.22. The molecule has 3 heteroatoms. The van der Waals surface area contributed by atoms with Crippen LogP contribution in [0, 0.1) is 0 Å². The second-order valence-electron chi connectivity index (χ2n) is 3.22. The number of hydrogen-bond acceptors (Lipinski definition) is 2. The summed E-state index contributed by atoms with van der Waals surface area (Å²) in [7, 11) is 0. The molecule has 0 bridgehead atoms. The van der Waals surface area contributed by atoms with Gasteiger partial charge in [-0.25, -0.2) is 0 Å². The van der Waals surface area contributed by atoms with Gasteiger partial charge in [-0.05, 0) is 19.4 Å². The molecule has 0 heterocycles. The second kappa shape index (κ2) is 3.46. The maximum Gasteiger partial charge on any atom is 0.162 e. The second-order valence-corrected chi connectivity index (χ2v) is 4.06. The van der Waals surface area contributed by atoms with Gasteiger partial charge < -0.3 is 10.2 Å². The lowest BCUT2D eigenvalue weighted by atomic mass is 9.96. The summed E-state index contributed by atoms with van der Waals surface area (Å²) in [4.78, 5) is -0.622. The zero-order valence-corrected chi connectivity index (χ0v) is 8.47. The molecule has 1 atom stereocenters. The topological polar surface area (TPSA) is 40.5 Å². The fourth-order valence-electron chi connectivity index (χ4n) is 1.14. The lowest BCUT2D eigenvalue weighted by molar-refractivity contribution is 0.393. The van der Waals surface area contributed by atoms with Crippen LogP contribution in [0.5, 0.6) is 11.5 Å². The molecule has 2 nitrogen and oxygen atoms in total. The predicted octanol–water partition coefficient (Wildman–Crippen LogP) is 2.96. The average molecular weight is 201 g/mol. The van der Waals surface area contributed by atoms with Crippen molar-refractivity contribution in [2.45, 2.75) is 25.1 Å². The molecule has 13 heavy (non-hydrogen) atoms. The van der Waals surface area contributed by atoms with Crippen LogP contribution in [-0.2, 0) is 4.87 Å². The van der Waals surface area contributed by atoms with Gasteiger partial charge in [0.2, 0.25) is 0 Å². The minimum Gasteiger partial charge on any atom is -0.504 e. The highest BCUT2D eigenvalue weighted by Gasteiger charge is 2.25. The minimum absolute atomic E-state index is 0.123. The highest BCUT2D eigenvalue weighted by Crippen LogP contribution is 2.41. The molecular weight excluding hydrogens is 188 g/mol. The fraction of sp³-hybridized carbons (Fsp3) is 0.400. The molecule has 0 radical (unpaired) electrons. The monoisotopic (exact) mass is 200 g/mol. The molecule has 0 saturated carbocycles. The van der Waals surface area contributed by atoms with Crippen LogP contribution in [-0.4, -0.2) is 10.2 Å². The van der Waals surface area contributed by atoms with Crippen molar-refractivity contribution in [2.75, 3.05) is 0 Å². The number of hydrogen-bond donors (Lipinski definition) is 2. The van der Waals surface area contributed by atoms with Gasteiger partial charge in [-0.2, -0.15) is 0 Å². The third-order valence-corrected chi connectivity index (χ3v) is 2.71. The maximum absolute atomic E-state index is 9.53. The molecule has 0 aromatic heterocycles. The zero-order valence-electron chi connectivity index (χ0n) is 7.71. The SMILES string of the molecule is CCC(C)(Cl)c1cccc(O)c1O. The van der Waals surface area contributed by atoms with Crippen LogP contribution in [0.3, 0.4) is 0 Å². The summed E-state index contributed by atoms with van der Waals surface area (Å²) >= 11 is 6.15. The van der Waals surface area contributed by atoms with Crippen LogP contribution in [0.4, 0.5) is 0 Å². The van der Waals surface area contributed by atoms with Crippen LogP contribution in [0.2, 0.25) is 0 Å². The summed E-state index contributed by atoms with van der Waals surface area (Å²) < 4.78 is 0. The van der Waals surface area contributed by atoms with Crippen molar-refractivity contribution in [3.05, 3.63) is 23.8 Å². The minimum atomic E-state index is -0.622. The first-order valence-electron chi connectivity index (χ1n) is 4.19. The third-order valence-electron chi connectivity index (χ3n) is 2.24. The van der Waals surface area contributed by atoms with Crippen LogP contribution >= 0.6 is 11.6 Å². The van der Waals surface area contributed by atoms with Crippen LogP contribution in [0.25, 0.3) is 0 Å². The number of phenolic OH excluding ortho intramolecular Hbond substituents is 2. The quantitative estimate of drug-likeness (QED) is 0.569. The molecule has 1 aromatic rings. The fourth-order valence-corrected chi connectivity index (χ4v) is 1.29. The summed E-state index contributed by atoms with van der Waals surface area (Å²) in [5.74, 6) is -0.250. The van der Waals surface area contributed by atoms with Crippen molar-refractivity contribution in [3.63, 3.8) is 0 Å². The molecule has 0 aliphatic carbocycles. The van der Waals surface area contributed by atoms with Gasteiger partial charge in [0.1, 0.15) is 0 Å². The Kier molecular flexibility index (Phi) is 2.71. The number of rotatable bonds is 2. The maximum atomic E-state index is 9.53. The summed E-state index contributed by atoms with van der Waals surface area (Å²) in [6.07, 6.45) is 0.686. The van der Waals surface area contributed by atoms with E-state index in [4.69, 9.17) is 11.6 Å². The highest BCUT2D eigenvalue weighted by molar-refractivity contribution is 6.24. The Labute approximate surface area is 82.8 Å². The smallest absolute Gasteiger partial charge is 0.162 e. The van der Waals surface area contributed by atoms with Gasteiger partial charge in [0.25, 0.3) is 0 Å². The van der Waals surface area contributed by atoms with E-state index >= 15 is 0 Å².